The van der Waals surface area contributed by atoms with Crippen LogP contribution in [0, 0.1) is 12.7 Å². The highest BCUT2D eigenvalue weighted by atomic mass is 19.1. The van der Waals surface area contributed by atoms with E-state index in [0.717, 1.165) is 22.2 Å². The number of esters is 1. The van der Waals surface area contributed by atoms with Gasteiger partial charge in [0.05, 0.1) is 17.7 Å². The monoisotopic (exact) mass is 309 g/mol. The lowest BCUT2D eigenvalue weighted by atomic mass is 9.98. The predicted molar refractivity (Wildman–Crippen MR) is 87.8 cm³/mol. The van der Waals surface area contributed by atoms with Crippen LogP contribution in [-0.2, 0) is 4.74 Å². The fourth-order valence-electron chi connectivity index (χ4n) is 2.60. The molecule has 0 aliphatic carbocycles. The number of pyridine rings is 1. The molecule has 1 heterocycles. The summed E-state index contributed by atoms with van der Waals surface area (Å²) >= 11 is 0. The molecule has 0 N–H and O–H groups in total. The highest BCUT2D eigenvalue weighted by molar-refractivity contribution is 6.00. The van der Waals surface area contributed by atoms with E-state index < -0.39 is 5.97 Å². The van der Waals surface area contributed by atoms with Gasteiger partial charge in [-0.3, -0.25) is 4.98 Å². The van der Waals surface area contributed by atoms with Crippen LogP contribution in [0.4, 0.5) is 4.39 Å². The third kappa shape index (κ3) is 2.93. The lowest BCUT2D eigenvalue weighted by Crippen LogP contribution is -2.04. The molecule has 0 amide bonds. The van der Waals surface area contributed by atoms with Gasteiger partial charge in [0.1, 0.15) is 5.82 Å². The summed E-state index contributed by atoms with van der Waals surface area (Å²) in [5, 5.41) is 0.728. The molecule has 0 fully saturated rings. The Morgan fingerprint density at radius 1 is 1.13 bits per heavy atom. The molecule has 2 aromatic carbocycles. The van der Waals surface area contributed by atoms with Gasteiger partial charge in [0.2, 0.25) is 0 Å². The van der Waals surface area contributed by atoms with Crippen LogP contribution in [0.15, 0.2) is 48.5 Å². The first kappa shape index (κ1) is 15.2. The molecule has 3 rings (SSSR count). The van der Waals surface area contributed by atoms with Crippen LogP contribution >= 0.6 is 0 Å². The minimum Gasteiger partial charge on any atom is -0.462 e. The molecule has 0 aliphatic rings. The van der Waals surface area contributed by atoms with Gasteiger partial charge in [-0.15, -0.1) is 0 Å². The zero-order valence-electron chi connectivity index (χ0n) is 13.0. The van der Waals surface area contributed by atoms with E-state index in [-0.39, 0.29) is 5.82 Å². The molecule has 116 valence electrons. The Kier molecular flexibility index (Phi) is 4.06. The zero-order valence-corrected chi connectivity index (χ0v) is 13.0. The van der Waals surface area contributed by atoms with E-state index in [1.807, 2.05) is 13.0 Å². The number of nitrogens with zero attached hydrogens (tertiary/aromatic N) is 1. The molecule has 0 saturated heterocycles. The number of hydrogen-bond donors (Lipinski definition) is 0. The number of aryl methyl sites for hydroxylation is 1. The van der Waals surface area contributed by atoms with Crippen LogP contribution in [0.2, 0.25) is 0 Å². The summed E-state index contributed by atoms with van der Waals surface area (Å²) in [4.78, 5) is 16.4. The number of carbonyl (C=O) groups excluding carboxylic acids is 1. The summed E-state index contributed by atoms with van der Waals surface area (Å²) in [6, 6.07) is 13.6. The number of rotatable bonds is 3. The van der Waals surface area contributed by atoms with Crippen molar-refractivity contribution in [2.75, 3.05) is 6.61 Å². The molecule has 1 aromatic heterocycles. The summed E-state index contributed by atoms with van der Waals surface area (Å²) in [5.41, 5.74) is 3.15. The van der Waals surface area contributed by atoms with Crippen LogP contribution < -0.4 is 0 Å². The minimum atomic E-state index is -0.394. The second kappa shape index (κ2) is 6.16. The fourth-order valence-corrected chi connectivity index (χ4v) is 2.60. The smallest absolute Gasteiger partial charge is 0.338 e. The van der Waals surface area contributed by atoms with E-state index in [1.165, 1.54) is 6.07 Å². The molecule has 0 atom stereocenters. The van der Waals surface area contributed by atoms with Crippen molar-refractivity contribution in [3.63, 3.8) is 0 Å². The van der Waals surface area contributed by atoms with Crippen molar-refractivity contribution in [3.05, 3.63) is 65.6 Å². The first-order valence-corrected chi connectivity index (χ1v) is 7.43. The Bertz CT molecular complexity index is 890. The normalized spacial score (nSPS) is 10.7. The molecular weight excluding hydrogens is 293 g/mol. The van der Waals surface area contributed by atoms with Crippen LogP contribution in [0.25, 0.3) is 22.0 Å². The van der Waals surface area contributed by atoms with Gasteiger partial charge in [-0.1, -0.05) is 18.2 Å². The van der Waals surface area contributed by atoms with E-state index in [1.54, 1.807) is 43.3 Å². The maximum atomic E-state index is 14.2. The number of carbonyl (C=O) groups is 1. The second-order valence-electron chi connectivity index (χ2n) is 5.24. The topological polar surface area (TPSA) is 39.2 Å². The number of ether oxygens (including phenoxy) is 1. The molecule has 0 unspecified atom stereocenters. The Hall–Kier alpha value is -2.75. The molecule has 0 bridgehead atoms. The largest absolute Gasteiger partial charge is 0.462 e. The van der Waals surface area contributed by atoms with E-state index in [2.05, 4.69) is 4.98 Å². The molecule has 4 heteroatoms. The van der Waals surface area contributed by atoms with Crippen molar-refractivity contribution < 1.29 is 13.9 Å². The number of aromatic nitrogens is 1. The van der Waals surface area contributed by atoms with E-state index in [0.29, 0.717) is 17.7 Å². The van der Waals surface area contributed by atoms with E-state index in [9.17, 15) is 9.18 Å². The van der Waals surface area contributed by atoms with Crippen LogP contribution in [0.5, 0.6) is 0 Å². The van der Waals surface area contributed by atoms with Crippen LogP contribution in [-0.4, -0.2) is 17.6 Å². The summed E-state index contributed by atoms with van der Waals surface area (Å²) in [6.45, 7) is 3.93. The standard InChI is InChI=1S/C19H16FNO2/c1-3-23-19(22)13-8-9-18-16(11-13)15(10-12(2)21-18)14-6-4-5-7-17(14)20/h4-11H,3H2,1-2H3. The summed E-state index contributed by atoms with van der Waals surface area (Å²) in [6.07, 6.45) is 0. The van der Waals surface area contributed by atoms with Gasteiger partial charge in [0.25, 0.3) is 0 Å². The second-order valence-corrected chi connectivity index (χ2v) is 5.24. The Morgan fingerprint density at radius 2 is 1.91 bits per heavy atom. The summed E-state index contributed by atoms with van der Waals surface area (Å²) in [7, 11) is 0. The third-order valence-electron chi connectivity index (χ3n) is 3.61. The van der Waals surface area contributed by atoms with Gasteiger partial charge < -0.3 is 4.74 Å². The lowest BCUT2D eigenvalue weighted by molar-refractivity contribution is 0.0526. The van der Waals surface area contributed by atoms with Crippen molar-refractivity contribution in [2.24, 2.45) is 0 Å². The van der Waals surface area contributed by atoms with Crippen LogP contribution in [0.3, 0.4) is 0 Å². The lowest BCUT2D eigenvalue weighted by Gasteiger charge is -2.10. The van der Waals surface area contributed by atoms with Gasteiger partial charge >= 0.3 is 5.97 Å². The van der Waals surface area contributed by atoms with Crippen molar-refractivity contribution in [1.82, 2.24) is 4.98 Å². The molecule has 23 heavy (non-hydrogen) atoms. The third-order valence-corrected chi connectivity index (χ3v) is 3.61. The molecule has 0 radical (unpaired) electrons. The molecular formula is C19H16FNO2. The molecule has 3 aromatic rings. The molecule has 3 nitrogen and oxygen atoms in total. The molecule has 0 spiro atoms. The Labute approximate surface area is 133 Å². The van der Waals surface area contributed by atoms with Gasteiger partial charge in [-0.05, 0) is 49.7 Å². The SMILES string of the molecule is CCOC(=O)c1ccc2nc(C)cc(-c3ccccc3F)c2c1. The highest BCUT2D eigenvalue weighted by Crippen LogP contribution is 2.31. The predicted octanol–water partition coefficient (Wildman–Crippen LogP) is 4.53. The maximum absolute atomic E-state index is 14.2. The van der Waals surface area contributed by atoms with Crippen LogP contribution in [0.1, 0.15) is 23.0 Å². The highest BCUT2D eigenvalue weighted by Gasteiger charge is 2.13. The number of hydrogen-bond acceptors (Lipinski definition) is 3. The molecule has 0 aliphatic heterocycles. The van der Waals surface area contributed by atoms with Gasteiger partial charge in [-0.2, -0.15) is 0 Å². The van der Waals surface area contributed by atoms with Gasteiger partial charge in [0.15, 0.2) is 0 Å². The average molecular weight is 309 g/mol. The minimum absolute atomic E-state index is 0.305. The summed E-state index contributed by atoms with van der Waals surface area (Å²) < 4.78 is 19.2. The number of benzene rings is 2. The van der Waals surface area contributed by atoms with Crippen molar-refractivity contribution in [2.45, 2.75) is 13.8 Å². The average Bonchev–Trinajstić information content (AvgIpc) is 2.54. The van der Waals surface area contributed by atoms with Gasteiger partial charge in [0, 0.05) is 16.6 Å². The van der Waals surface area contributed by atoms with Gasteiger partial charge in [-0.25, -0.2) is 9.18 Å². The van der Waals surface area contributed by atoms with E-state index in [4.69, 9.17) is 4.74 Å². The first-order chi connectivity index (χ1) is 11.1. The first-order valence-electron chi connectivity index (χ1n) is 7.43. The van der Waals surface area contributed by atoms with E-state index >= 15 is 0 Å². The van der Waals surface area contributed by atoms with Crippen molar-refractivity contribution in [3.8, 4) is 11.1 Å². The number of halogens is 1. The maximum Gasteiger partial charge on any atom is 0.338 e. The molecule has 0 saturated carbocycles. The number of fused-ring (bicyclic) bond motifs is 1. The fraction of sp³-hybridized carbons (Fsp3) is 0.158. The quantitative estimate of drug-likeness (QED) is 0.667. The Balaban J connectivity index is 2.26. The Morgan fingerprint density at radius 3 is 2.65 bits per heavy atom. The van der Waals surface area contributed by atoms with Crippen molar-refractivity contribution in [1.29, 1.82) is 0 Å². The zero-order chi connectivity index (χ0) is 16.4. The summed E-state index contributed by atoms with van der Waals surface area (Å²) in [5.74, 6) is -0.699. The van der Waals surface area contributed by atoms with Crippen molar-refractivity contribution >= 4 is 16.9 Å².